The lowest BCUT2D eigenvalue weighted by atomic mass is 9.89. The van der Waals surface area contributed by atoms with Crippen molar-refractivity contribution in [1.29, 1.82) is 0 Å². The zero-order valence-electron chi connectivity index (χ0n) is 15.1. The first-order valence-corrected chi connectivity index (χ1v) is 8.74. The van der Waals surface area contributed by atoms with Gasteiger partial charge in [0.05, 0.1) is 18.9 Å². The number of hydrogen-bond donors (Lipinski definition) is 1. The SMILES string of the molecule is Cc1ccc(OCCC(=O)N2Cc3ccccc3C(C(=O)O)C2)c(C)c1. The molecule has 0 saturated heterocycles. The minimum atomic E-state index is -0.901. The lowest BCUT2D eigenvalue weighted by Crippen LogP contribution is -2.41. The minimum absolute atomic E-state index is 0.0875. The summed E-state index contributed by atoms with van der Waals surface area (Å²) in [6, 6.07) is 13.3. The number of ether oxygens (including phenoxy) is 1. The lowest BCUT2D eigenvalue weighted by Gasteiger charge is -2.32. The number of carbonyl (C=O) groups is 2. The van der Waals surface area contributed by atoms with Gasteiger partial charge in [0.15, 0.2) is 0 Å². The fraction of sp³-hybridized carbons (Fsp3) is 0.333. The fourth-order valence-electron chi connectivity index (χ4n) is 3.38. The molecule has 1 unspecified atom stereocenters. The van der Waals surface area contributed by atoms with E-state index >= 15 is 0 Å². The number of hydrogen-bond acceptors (Lipinski definition) is 3. The van der Waals surface area contributed by atoms with Gasteiger partial charge in [0.1, 0.15) is 5.75 Å². The molecule has 1 aliphatic heterocycles. The molecule has 1 heterocycles. The first-order valence-electron chi connectivity index (χ1n) is 8.74. The van der Waals surface area contributed by atoms with Gasteiger partial charge in [-0.2, -0.15) is 0 Å². The van der Waals surface area contributed by atoms with E-state index in [1.165, 1.54) is 0 Å². The summed E-state index contributed by atoms with van der Waals surface area (Å²) in [7, 11) is 0. The Morgan fingerprint density at radius 1 is 1.19 bits per heavy atom. The maximum atomic E-state index is 12.6. The van der Waals surface area contributed by atoms with Crippen molar-refractivity contribution in [3.63, 3.8) is 0 Å². The molecule has 0 radical (unpaired) electrons. The van der Waals surface area contributed by atoms with Gasteiger partial charge in [-0.1, -0.05) is 42.0 Å². The van der Waals surface area contributed by atoms with Crippen LogP contribution in [0.1, 0.15) is 34.6 Å². The Labute approximate surface area is 153 Å². The van der Waals surface area contributed by atoms with Gasteiger partial charge in [-0.15, -0.1) is 0 Å². The molecule has 1 aliphatic rings. The number of rotatable bonds is 5. The summed E-state index contributed by atoms with van der Waals surface area (Å²) in [5.74, 6) is -0.892. The van der Waals surface area contributed by atoms with Gasteiger partial charge in [0, 0.05) is 13.1 Å². The van der Waals surface area contributed by atoms with Crippen LogP contribution in [0.15, 0.2) is 42.5 Å². The van der Waals surface area contributed by atoms with E-state index in [9.17, 15) is 14.7 Å². The quantitative estimate of drug-likeness (QED) is 0.896. The number of aliphatic carboxylic acids is 1. The number of amides is 1. The zero-order valence-corrected chi connectivity index (χ0v) is 15.1. The highest BCUT2D eigenvalue weighted by Crippen LogP contribution is 2.29. The maximum absolute atomic E-state index is 12.6. The normalized spacial score (nSPS) is 16.1. The van der Waals surface area contributed by atoms with Crippen molar-refractivity contribution in [3.05, 3.63) is 64.7 Å². The van der Waals surface area contributed by atoms with E-state index in [2.05, 4.69) is 0 Å². The van der Waals surface area contributed by atoms with Gasteiger partial charge < -0.3 is 14.7 Å². The second-order valence-corrected chi connectivity index (χ2v) is 6.73. The molecule has 0 bridgehead atoms. The molecule has 5 nitrogen and oxygen atoms in total. The molecule has 1 N–H and O–H groups in total. The third kappa shape index (κ3) is 3.87. The Balaban J connectivity index is 1.62. The Morgan fingerprint density at radius 2 is 1.96 bits per heavy atom. The van der Waals surface area contributed by atoms with Crippen LogP contribution in [0, 0.1) is 13.8 Å². The molecule has 0 spiro atoms. The number of fused-ring (bicyclic) bond motifs is 1. The van der Waals surface area contributed by atoms with E-state index in [1.807, 2.05) is 56.3 Å². The molecule has 1 amide bonds. The van der Waals surface area contributed by atoms with Crippen LogP contribution >= 0.6 is 0 Å². The van der Waals surface area contributed by atoms with Crippen LogP contribution in [0.3, 0.4) is 0 Å². The first kappa shape index (κ1) is 18.0. The standard InChI is InChI=1S/C21H23NO4/c1-14-7-8-19(15(2)11-14)26-10-9-20(23)22-12-16-5-3-4-6-17(16)18(13-22)21(24)25/h3-8,11,18H,9-10,12-13H2,1-2H3,(H,24,25). The number of carboxylic acids is 1. The van der Waals surface area contributed by atoms with Crippen molar-refractivity contribution in [2.45, 2.75) is 32.7 Å². The summed E-state index contributed by atoms with van der Waals surface area (Å²) in [6.45, 7) is 4.92. The molecule has 2 aromatic rings. The highest BCUT2D eigenvalue weighted by molar-refractivity contribution is 5.81. The summed E-state index contributed by atoms with van der Waals surface area (Å²) >= 11 is 0. The average Bonchev–Trinajstić information content (AvgIpc) is 2.62. The Hall–Kier alpha value is -2.82. The van der Waals surface area contributed by atoms with Crippen molar-refractivity contribution in [2.75, 3.05) is 13.2 Å². The topological polar surface area (TPSA) is 66.8 Å². The number of carboxylic acid groups (broad SMARTS) is 1. The summed E-state index contributed by atoms with van der Waals surface area (Å²) in [5.41, 5.74) is 3.90. The van der Waals surface area contributed by atoms with Crippen molar-refractivity contribution in [2.24, 2.45) is 0 Å². The number of nitrogens with zero attached hydrogens (tertiary/aromatic N) is 1. The van der Waals surface area contributed by atoms with Gasteiger partial charge in [0.25, 0.3) is 0 Å². The van der Waals surface area contributed by atoms with E-state index in [0.717, 1.165) is 28.0 Å². The molecule has 26 heavy (non-hydrogen) atoms. The highest BCUT2D eigenvalue weighted by atomic mass is 16.5. The predicted octanol–water partition coefficient (Wildman–Crippen LogP) is 3.28. The van der Waals surface area contributed by atoms with E-state index in [-0.39, 0.29) is 25.5 Å². The number of benzene rings is 2. The number of carbonyl (C=O) groups excluding carboxylic acids is 1. The molecular weight excluding hydrogens is 330 g/mol. The third-order valence-electron chi connectivity index (χ3n) is 4.75. The van der Waals surface area contributed by atoms with Crippen LogP contribution in [0.25, 0.3) is 0 Å². The maximum Gasteiger partial charge on any atom is 0.312 e. The fourth-order valence-corrected chi connectivity index (χ4v) is 3.38. The molecule has 0 aliphatic carbocycles. The summed E-state index contributed by atoms with van der Waals surface area (Å²) in [6.07, 6.45) is 0.224. The second-order valence-electron chi connectivity index (χ2n) is 6.73. The van der Waals surface area contributed by atoms with Crippen molar-refractivity contribution in [1.82, 2.24) is 4.90 Å². The van der Waals surface area contributed by atoms with Crippen molar-refractivity contribution in [3.8, 4) is 5.75 Å². The molecule has 0 fully saturated rings. The predicted molar refractivity (Wildman–Crippen MR) is 98.3 cm³/mol. The zero-order chi connectivity index (χ0) is 18.7. The Kier molecular flexibility index (Phi) is 5.26. The van der Waals surface area contributed by atoms with Crippen LogP contribution in [0.2, 0.25) is 0 Å². The van der Waals surface area contributed by atoms with Gasteiger partial charge in [-0.25, -0.2) is 0 Å². The molecule has 0 saturated carbocycles. The summed E-state index contributed by atoms with van der Waals surface area (Å²) < 4.78 is 5.73. The highest BCUT2D eigenvalue weighted by Gasteiger charge is 2.32. The van der Waals surface area contributed by atoms with Gasteiger partial charge in [-0.3, -0.25) is 9.59 Å². The molecule has 3 rings (SSSR count). The van der Waals surface area contributed by atoms with Crippen molar-refractivity contribution < 1.29 is 19.4 Å². The molecule has 2 aromatic carbocycles. The first-order chi connectivity index (χ1) is 12.5. The van der Waals surface area contributed by atoms with E-state index in [0.29, 0.717) is 6.54 Å². The lowest BCUT2D eigenvalue weighted by molar-refractivity contribution is -0.141. The van der Waals surface area contributed by atoms with Crippen LogP contribution in [-0.2, 0) is 16.1 Å². The minimum Gasteiger partial charge on any atom is -0.493 e. The molecule has 5 heteroatoms. The van der Waals surface area contributed by atoms with Crippen LogP contribution in [0.5, 0.6) is 5.75 Å². The molecule has 136 valence electrons. The van der Waals surface area contributed by atoms with Crippen LogP contribution in [-0.4, -0.2) is 35.0 Å². The molecule has 1 atom stereocenters. The monoisotopic (exact) mass is 353 g/mol. The van der Waals surface area contributed by atoms with Crippen LogP contribution in [0.4, 0.5) is 0 Å². The Bertz CT molecular complexity index is 831. The van der Waals surface area contributed by atoms with Crippen LogP contribution < -0.4 is 4.74 Å². The summed E-state index contributed by atoms with van der Waals surface area (Å²) in [4.78, 5) is 25.8. The van der Waals surface area contributed by atoms with Gasteiger partial charge in [0.2, 0.25) is 5.91 Å². The summed E-state index contributed by atoms with van der Waals surface area (Å²) in [5, 5.41) is 9.50. The smallest absolute Gasteiger partial charge is 0.312 e. The average molecular weight is 353 g/mol. The Morgan fingerprint density at radius 3 is 2.69 bits per heavy atom. The van der Waals surface area contributed by atoms with Gasteiger partial charge >= 0.3 is 5.97 Å². The number of aryl methyl sites for hydroxylation is 2. The van der Waals surface area contributed by atoms with Gasteiger partial charge in [-0.05, 0) is 36.6 Å². The van der Waals surface area contributed by atoms with E-state index in [1.54, 1.807) is 4.90 Å². The molecular formula is C21H23NO4. The van der Waals surface area contributed by atoms with E-state index in [4.69, 9.17) is 4.74 Å². The second kappa shape index (κ2) is 7.60. The largest absolute Gasteiger partial charge is 0.493 e. The van der Waals surface area contributed by atoms with Crippen molar-refractivity contribution >= 4 is 11.9 Å². The molecule has 0 aromatic heterocycles. The van der Waals surface area contributed by atoms with E-state index < -0.39 is 11.9 Å². The third-order valence-corrected chi connectivity index (χ3v) is 4.75.